The first-order valence-corrected chi connectivity index (χ1v) is 7.31. The Balaban J connectivity index is 2.26. The number of rotatable bonds is 7. The number of oxime groups is 1. The van der Waals surface area contributed by atoms with Gasteiger partial charge in [0.05, 0.1) is 5.97 Å². The highest BCUT2D eigenvalue weighted by atomic mass is 16.6. The van der Waals surface area contributed by atoms with Crippen LogP contribution in [0.5, 0.6) is 5.75 Å². The molecule has 0 bridgehead atoms. The van der Waals surface area contributed by atoms with E-state index < -0.39 is 5.97 Å². The number of nitrogens with zero attached hydrogens (tertiary/aromatic N) is 1. The predicted octanol–water partition coefficient (Wildman–Crippen LogP) is 2.06. The summed E-state index contributed by atoms with van der Waals surface area (Å²) >= 11 is 0. The number of para-hydroxylation sites is 1. The average Bonchev–Trinajstić information content (AvgIpc) is 2.55. The number of benzene rings is 2. The van der Waals surface area contributed by atoms with Crippen molar-refractivity contribution in [1.29, 1.82) is 0 Å². The Labute approximate surface area is 135 Å². The molecule has 0 heterocycles. The quantitative estimate of drug-likeness (QED) is 0.579. The molecule has 0 aliphatic rings. The molecule has 0 aromatic heterocycles. The van der Waals surface area contributed by atoms with Crippen LogP contribution in [0.25, 0.3) is 0 Å². The molecule has 0 spiro atoms. The van der Waals surface area contributed by atoms with Crippen molar-refractivity contribution in [1.82, 2.24) is 0 Å². The van der Waals surface area contributed by atoms with Gasteiger partial charge in [-0.05, 0) is 31.0 Å². The standard InChI is InChI=1S/C18H19NO4/c1-3-23-19-17(18(20)21)15-10-6-5-9-14(15)12-22-16-11-7-4-8-13(16)2/h4-11H,3,12H2,1-2H3,(H,20,21)/p-1/b19-17-. The molecule has 0 fully saturated rings. The van der Waals surface area contributed by atoms with Crippen LogP contribution in [0.2, 0.25) is 0 Å². The van der Waals surface area contributed by atoms with Crippen LogP contribution < -0.4 is 9.84 Å². The Hall–Kier alpha value is -2.82. The minimum Gasteiger partial charge on any atom is -0.543 e. The van der Waals surface area contributed by atoms with Crippen molar-refractivity contribution in [3.05, 3.63) is 65.2 Å². The molecule has 0 atom stereocenters. The van der Waals surface area contributed by atoms with Gasteiger partial charge < -0.3 is 19.5 Å². The first kappa shape index (κ1) is 16.5. The molecule has 0 N–H and O–H groups in total. The van der Waals surface area contributed by atoms with E-state index in [0.717, 1.165) is 11.3 Å². The molecule has 120 valence electrons. The van der Waals surface area contributed by atoms with E-state index in [1.54, 1.807) is 25.1 Å². The van der Waals surface area contributed by atoms with Crippen LogP contribution in [0.15, 0.2) is 53.7 Å². The second-order valence-electron chi connectivity index (χ2n) is 4.86. The van der Waals surface area contributed by atoms with Gasteiger partial charge >= 0.3 is 0 Å². The van der Waals surface area contributed by atoms with E-state index in [1.807, 2.05) is 37.3 Å². The summed E-state index contributed by atoms with van der Waals surface area (Å²) < 4.78 is 5.79. The van der Waals surface area contributed by atoms with Gasteiger partial charge in [0, 0.05) is 5.56 Å². The number of aliphatic carboxylic acids is 1. The zero-order chi connectivity index (χ0) is 16.7. The molecule has 2 aromatic rings. The van der Waals surface area contributed by atoms with E-state index in [-0.39, 0.29) is 18.9 Å². The van der Waals surface area contributed by atoms with Crippen molar-refractivity contribution in [2.75, 3.05) is 6.61 Å². The van der Waals surface area contributed by atoms with E-state index in [1.165, 1.54) is 0 Å². The van der Waals surface area contributed by atoms with Gasteiger partial charge in [0.15, 0.2) is 0 Å². The summed E-state index contributed by atoms with van der Waals surface area (Å²) in [5.74, 6) is -0.638. The van der Waals surface area contributed by atoms with Crippen molar-refractivity contribution < 1.29 is 19.5 Å². The molecule has 0 aliphatic heterocycles. The van der Waals surface area contributed by atoms with Gasteiger partial charge in [0.25, 0.3) is 0 Å². The molecule has 0 amide bonds. The summed E-state index contributed by atoms with van der Waals surface area (Å²) in [6, 6.07) is 14.6. The van der Waals surface area contributed by atoms with Crippen LogP contribution in [0.4, 0.5) is 0 Å². The predicted molar refractivity (Wildman–Crippen MR) is 85.1 cm³/mol. The topological polar surface area (TPSA) is 71.0 Å². The highest BCUT2D eigenvalue weighted by Crippen LogP contribution is 2.19. The number of hydrogen-bond donors (Lipinski definition) is 0. The lowest BCUT2D eigenvalue weighted by atomic mass is 10.0. The maximum atomic E-state index is 11.3. The summed E-state index contributed by atoms with van der Waals surface area (Å²) in [4.78, 5) is 16.2. The molecule has 2 rings (SSSR count). The number of carbonyl (C=O) groups is 1. The van der Waals surface area contributed by atoms with Crippen molar-refractivity contribution >= 4 is 11.7 Å². The molecule has 5 nitrogen and oxygen atoms in total. The van der Waals surface area contributed by atoms with Gasteiger partial charge in [-0.25, -0.2) is 0 Å². The fourth-order valence-electron chi connectivity index (χ4n) is 2.08. The molecule has 2 aromatic carbocycles. The number of carboxylic acids is 1. The van der Waals surface area contributed by atoms with Crippen molar-refractivity contribution in [3.63, 3.8) is 0 Å². The van der Waals surface area contributed by atoms with Gasteiger partial charge in [0.1, 0.15) is 24.7 Å². The first-order valence-electron chi connectivity index (χ1n) is 7.31. The Kier molecular flexibility index (Phi) is 5.74. The Morgan fingerprint density at radius 1 is 1.13 bits per heavy atom. The molecule has 0 unspecified atom stereocenters. The highest BCUT2D eigenvalue weighted by molar-refractivity contribution is 6.41. The van der Waals surface area contributed by atoms with Crippen LogP contribution in [0, 0.1) is 6.92 Å². The number of hydrogen-bond acceptors (Lipinski definition) is 5. The van der Waals surface area contributed by atoms with Crippen LogP contribution in [0.3, 0.4) is 0 Å². The molecular formula is C18H18NO4-. The number of carboxylic acid groups (broad SMARTS) is 1. The van der Waals surface area contributed by atoms with Crippen LogP contribution in [-0.4, -0.2) is 18.3 Å². The minimum atomic E-state index is -1.39. The van der Waals surface area contributed by atoms with Gasteiger partial charge in [-0.3, -0.25) is 0 Å². The smallest absolute Gasteiger partial charge is 0.133 e. The zero-order valence-electron chi connectivity index (χ0n) is 13.1. The molecule has 23 heavy (non-hydrogen) atoms. The Morgan fingerprint density at radius 3 is 2.52 bits per heavy atom. The van der Waals surface area contributed by atoms with Gasteiger partial charge in [-0.2, -0.15) is 0 Å². The van der Waals surface area contributed by atoms with Crippen LogP contribution in [-0.2, 0) is 16.2 Å². The van der Waals surface area contributed by atoms with E-state index >= 15 is 0 Å². The van der Waals surface area contributed by atoms with Crippen molar-refractivity contribution in [2.45, 2.75) is 20.5 Å². The molecule has 0 saturated heterocycles. The zero-order valence-corrected chi connectivity index (χ0v) is 13.1. The van der Waals surface area contributed by atoms with Crippen LogP contribution >= 0.6 is 0 Å². The normalized spacial score (nSPS) is 11.1. The fourth-order valence-corrected chi connectivity index (χ4v) is 2.08. The number of aryl methyl sites for hydroxylation is 1. The van der Waals surface area contributed by atoms with E-state index in [4.69, 9.17) is 9.57 Å². The summed E-state index contributed by atoms with van der Waals surface area (Å²) in [6.07, 6.45) is 0. The van der Waals surface area contributed by atoms with Gasteiger partial charge in [-0.15, -0.1) is 0 Å². The third kappa shape index (κ3) is 4.32. The Bertz CT molecular complexity index is 710. The second kappa shape index (κ2) is 7.98. The van der Waals surface area contributed by atoms with Crippen LogP contribution in [0.1, 0.15) is 23.6 Å². The molecule has 5 heteroatoms. The maximum absolute atomic E-state index is 11.3. The third-order valence-electron chi connectivity index (χ3n) is 3.23. The number of carbonyl (C=O) groups excluding carboxylic acids is 1. The fraction of sp³-hybridized carbons (Fsp3) is 0.222. The first-order chi connectivity index (χ1) is 11.1. The van der Waals surface area contributed by atoms with Gasteiger partial charge in [0.2, 0.25) is 0 Å². The maximum Gasteiger partial charge on any atom is 0.133 e. The lowest BCUT2D eigenvalue weighted by Gasteiger charge is -2.14. The highest BCUT2D eigenvalue weighted by Gasteiger charge is 2.12. The summed E-state index contributed by atoms with van der Waals surface area (Å²) in [7, 11) is 0. The summed E-state index contributed by atoms with van der Waals surface area (Å²) in [5.41, 5.74) is 1.89. The molecule has 0 aliphatic carbocycles. The van der Waals surface area contributed by atoms with Crippen molar-refractivity contribution in [3.8, 4) is 5.75 Å². The average molecular weight is 312 g/mol. The van der Waals surface area contributed by atoms with E-state index in [2.05, 4.69) is 5.16 Å². The lowest BCUT2D eigenvalue weighted by molar-refractivity contribution is -0.294. The number of ether oxygens (including phenoxy) is 1. The van der Waals surface area contributed by atoms with E-state index in [0.29, 0.717) is 11.1 Å². The monoisotopic (exact) mass is 312 g/mol. The Morgan fingerprint density at radius 2 is 1.83 bits per heavy atom. The minimum absolute atomic E-state index is 0.222. The molecule has 0 radical (unpaired) electrons. The molecular weight excluding hydrogens is 294 g/mol. The lowest BCUT2D eigenvalue weighted by Crippen LogP contribution is -2.33. The summed E-state index contributed by atoms with van der Waals surface area (Å²) in [6.45, 7) is 4.17. The SMILES string of the molecule is CCO/N=C(\C(=O)[O-])c1ccccc1COc1ccccc1C. The van der Waals surface area contributed by atoms with Gasteiger partial charge in [-0.1, -0.05) is 47.6 Å². The van der Waals surface area contributed by atoms with Crippen molar-refractivity contribution in [2.24, 2.45) is 5.16 Å². The second-order valence-corrected chi connectivity index (χ2v) is 4.86. The summed E-state index contributed by atoms with van der Waals surface area (Å²) in [5, 5.41) is 15.0. The molecule has 0 saturated carbocycles. The van der Waals surface area contributed by atoms with E-state index in [9.17, 15) is 9.90 Å². The largest absolute Gasteiger partial charge is 0.543 e. The third-order valence-corrected chi connectivity index (χ3v) is 3.23.